The van der Waals surface area contributed by atoms with Crippen LogP contribution >= 0.6 is 0 Å². The highest BCUT2D eigenvalue weighted by atomic mass is 16.5. The normalized spacial score (nSPS) is 12.8. The minimum Gasteiger partial charge on any atom is -0.497 e. The Balaban J connectivity index is 2.23. The Labute approximate surface area is 124 Å². The highest BCUT2D eigenvalue weighted by molar-refractivity contribution is 6.01. The molecule has 2 aromatic rings. The van der Waals surface area contributed by atoms with E-state index in [0.717, 1.165) is 0 Å². The van der Waals surface area contributed by atoms with Crippen LogP contribution in [0, 0.1) is 11.3 Å². The lowest BCUT2D eigenvalue weighted by molar-refractivity contribution is -0.119. The highest BCUT2D eigenvalue weighted by Gasteiger charge is 2.35. The van der Waals surface area contributed by atoms with Crippen LogP contribution in [0.4, 0.5) is 5.69 Å². The van der Waals surface area contributed by atoms with E-state index in [1.807, 2.05) is 18.2 Å². The third-order valence-corrected chi connectivity index (χ3v) is 3.38. The second-order valence-electron chi connectivity index (χ2n) is 4.79. The van der Waals surface area contributed by atoms with Crippen LogP contribution in [0.5, 0.6) is 5.75 Å². The quantitative estimate of drug-likeness (QED) is 0.936. The zero-order chi connectivity index (χ0) is 15.3. The Kier molecular flexibility index (Phi) is 4.24. The summed E-state index contributed by atoms with van der Waals surface area (Å²) < 4.78 is 5.07. The average Bonchev–Trinajstić information content (AvgIpc) is 2.55. The van der Waals surface area contributed by atoms with Crippen LogP contribution < -0.4 is 10.1 Å². The maximum Gasteiger partial charge on any atom is 0.249 e. The van der Waals surface area contributed by atoms with Crippen LogP contribution in [0.15, 0.2) is 54.6 Å². The summed E-state index contributed by atoms with van der Waals surface area (Å²) in [6.07, 6.45) is 0. The van der Waals surface area contributed by atoms with E-state index in [2.05, 4.69) is 11.4 Å². The molecule has 0 unspecified atom stereocenters. The number of carbonyl (C=O) groups excluding carboxylic acids is 1. The lowest BCUT2D eigenvalue weighted by atomic mass is 9.83. The van der Waals surface area contributed by atoms with Crippen LogP contribution in [-0.4, -0.2) is 13.0 Å². The van der Waals surface area contributed by atoms with Gasteiger partial charge in [-0.3, -0.25) is 4.79 Å². The van der Waals surface area contributed by atoms with E-state index in [0.29, 0.717) is 17.0 Å². The molecular formula is C17H16N2O2. The molecule has 0 aliphatic rings. The number of nitrogens with one attached hydrogen (secondary N) is 1. The molecule has 0 saturated heterocycles. The first-order valence-corrected chi connectivity index (χ1v) is 6.52. The predicted octanol–water partition coefficient (Wildman–Crippen LogP) is 3.12. The van der Waals surface area contributed by atoms with Crippen molar-refractivity contribution < 1.29 is 9.53 Å². The molecule has 21 heavy (non-hydrogen) atoms. The number of hydrogen-bond acceptors (Lipinski definition) is 3. The fourth-order valence-electron chi connectivity index (χ4n) is 1.95. The van der Waals surface area contributed by atoms with Gasteiger partial charge in [0.05, 0.1) is 13.2 Å². The molecule has 2 rings (SSSR count). The molecule has 0 aliphatic carbocycles. The Morgan fingerprint density at radius 3 is 2.29 bits per heavy atom. The van der Waals surface area contributed by atoms with Crippen LogP contribution in [0.2, 0.25) is 0 Å². The first-order valence-electron chi connectivity index (χ1n) is 6.52. The van der Waals surface area contributed by atoms with Crippen molar-refractivity contribution >= 4 is 11.6 Å². The number of carbonyl (C=O) groups is 1. The van der Waals surface area contributed by atoms with Gasteiger partial charge in [0.1, 0.15) is 5.75 Å². The van der Waals surface area contributed by atoms with E-state index in [1.165, 1.54) is 0 Å². The largest absolute Gasteiger partial charge is 0.497 e. The van der Waals surface area contributed by atoms with Gasteiger partial charge >= 0.3 is 0 Å². The number of methoxy groups -OCH3 is 1. The number of benzene rings is 2. The number of hydrogen-bond donors (Lipinski definition) is 1. The third-order valence-electron chi connectivity index (χ3n) is 3.38. The maximum absolute atomic E-state index is 12.5. The zero-order valence-electron chi connectivity index (χ0n) is 12.0. The molecule has 0 aromatic heterocycles. The van der Waals surface area contributed by atoms with Crippen molar-refractivity contribution in [2.24, 2.45) is 0 Å². The van der Waals surface area contributed by atoms with Gasteiger partial charge in [0.15, 0.2) is 5.41 Å². The monoisotopic (exact) mass is 280 g/mol. The Hall–Kier alpha value is -2.80. The summed E-state index contributed by atoms with van der Waals surface area (Å²) in [5, 5.41) is 12.2. The fraction of sp³-hybridized carbons (Fsp3) is 0.176. The summed E-state index contributed by atoms with van der Waals surface area (Å²) in [6.45, 7) is 1.61. The summed E-state index contributed by atoms with van der Waals surface area (Å²) in [6, 6.07) is 18.1. The Bertz CT molecular complexity index is 659. The van der Waals surface area contributed by atoms with Gasteiger partial charge in [0.2, 0.25) is 5.91 Å². The van der Waals surface area contributed by atoms with Gasteiger partial charge in [-0.2, -0.15) is 5.26 Å². The second kappa shape index (κ2) is 6.10. The molecule has 0 bridgehead atoms. The van der Waals surface area contributed by atoms with Crippen LogP contribution in [0.25, 0.3) is 0 Å². The minimum atomic E-state index is -1.23. The van der Waals surface area contributed by atoms with Crippen molar-refractivity contribution in [1.29, 1.82) is 5.26 Å². The molecule has 4 heteroatoms. The molecule has 0 fully saturated rings. The fourth-order valence-corrected chi connectivity index (χ4v) is 1.95. The molecule has 4 nitrogen and oxygen atoms in total. The van der Waals surface area contributed by atoms with Gasteiger partial charge in [0, 0.05) is 5.69 Å². The number of nitrogens with zero attached hydrogens (tertiary/aromatic N) is 1. The molecule has 0 heterocycles. The van der Waals surface area contributed by atoms with Gasteiger partial charge in [-0.1, -0.05) is 30.3 Å². The SMILES string of the molecule is COc1ccc(NC(=O)[C@@](C)(C#N)c2ccccc2)cc1. The number of rotatable bonds is 4. The molecule has 1 amide bonds. The standard InChI is InChI=1S/C17H16N2O2/c1-17(12-18,13-6-4-3-5-7-13)16(20)19-14-8-10-15(21-2)11-9-14/h3-11H,1-2H3,(H,19,20)/t17-/m0/s1. The van der Waals surface area contributed by atoms with Gasteiger partial charge in [-0.25, -0.2) is 0 Å². The van der Waals surface area contributed by atoms with Gasteiger partial charge in [-0.05, 0) is 36.8 Å². The van der Waals surface area contributed by atoms with E-state index in [9.17, 15) is 10.1 Å². The maximum atomic E-state index is 12.5. The first kappa shape index (κ1) is 14.6. The summed E-state index contributed by atoms with van der Waals surface area (Å²) in [5.41, 5.74) is 0.0537. The van der Waals surface area contributed by atoms with Gasteiger partial charge in [-0.15, -0.1) is 0 Å². The number of anilines is 1. The Morgan fingerprint density at radius 2 is 1.76 bits per heavy atom. The zero-order valence-corrected chi connectivity index (χ0v) is 12.0. The van der Waals surface area contributed by atoms with Crippen LogP contribution in [0.1, 0.15) is 12.5 Å². The molecule has 1 N–H and O–H groups in total. The number of ether oxygens (including phenoxy) is 1. The molecule has 106 valence electrons. The smallest absolute Gasteiger partial charge is 0.249 e. The van der Waals surface area contributed by atoms with Crippen molar-refractivity contribution in [2.75, 3.05) is 12.4 Å². The van der Waals surface area contributed by atoms with E-state index in [4.69, 9.17) is 4.74 Å². The predicted molar refractivity (Wildman–Crippen MR) is 81.0 cm³/mol. The second-order valence-corrected chi connectivity index (χ2v) is 4.79. The number of nitriles is 1. The lowest BCUT2D eigenvalue weighted by Crippen LogP contribution is -2.36. The van der Waals surface area contributed by atoms with Gasteiger partial charge < -0.3 is 10.1 Å². The minimum absolute atomic E-state index is 0.360. The molecule has 0 aliphatic heterocycles. The lowest BCUT2D eigenvalue weighted by Gasteiger charge is -2.21. The number of amides is 1. The molecule has 2 aromatic carbocycles. The van der Waals surface area contributed by atoms with Crippen molar-refractivity contribution in [1.82, 2.24) is 0 Å². The van der Waals surface area contributed by atoms with Crippen molar-refractivity contribution in [2.45, 2.75) is 12.3 Å². The van der Waals surface area contributed by atoms with Crippen LogP contribution in [-0.2, 0) is 10.2 Å². The summed E-state index contributed by atoms with van der Waals surface area (Å²) >= 11 is 0. The Morgan fingerprint density at radius 1 is 1.14 bits per heavy atom. The van der Waals surface area contributed by atoms with Crippen molar-refractivity contribution in [3.63, 3.8) is 0 Å². The summed E-state index contributed by atoms with van der Waals surface area (Å²) in [4.78, 5) is 12.5. The van der Waals surface area contributed by atoms with E-state index in [-0.39, 0.29) is 5.91 Å². The van der Waals surface area contributed by atoms with Crippen molar-refractivity contribution in [3.05, 3.63) is 60.2 Å². The topological polar surface area (TPSA) is 62.1 Å². The summed E-state index contributed by atoms with van der Waals surface area (Å²) in [5.74, 6) is 0.348. The van der Waals surface area contributed by atoms with Gasteiger partial charge in [0.25, 0.3) is 0 Å². The van der Waals surface area contributed by atoms with E-state index < -0.39 is 5.41 Å². The summed E-state index contributed by atoms with van der Waals surface area (Å²) in [7, 11) is 1.58. The third kappa shape index (κ3) is 3.03. The molecule has 0 spiro atoms. The average molecular weight is 280 g/mol. The van der Waals surface area contributed by atoms with E-state index >= 15 is 0 Å². The van der Waals surface area contributed by atoms with Crippen LogP contribution in [0.3, 0.4) is 0 Å². The van der Waals surface area contributed by atoms with Crippen molar-refractivity contribution in [3.8, 4) is 11.8 Å². The molecule has 1 atom stereocenters. The molecule has 0 saturated carbocycles. The first-order chi connectivity index (χ1) is 10.1. The molecular weight excluding hydrogens is 264 g/mol. The highest BCUT2D eigenvalue weighted by Crippen LogP contribution is 2.25. The molecule has 0 radical (unpaired) electrons. The van der Waals surface area contributed by atoms with E-state index in [1.54, 1.807) is 50.4 Å².